The maximum Gasteiger partial charge on any atom is 0.248 e. The SMILES string of the molecule is O=C(Nc1ccc(Br)cc1)[C@@H](Cc1ccccc1)N1C(=O)[C@H]2[C@@H]3C=C[C@H]([C@H]4C[C@H]34)[C@@H]2C1=O. The Morgan fingerprint density at radius 3 is 2.12 bits per heavy atom. The average Bonchev–Trinajstić information content (AvgIpc) is 3.58. The van der Waals surface area contributed by atoms with Crippen LogP contribution in [0, 0.1) is 35.5 Å². The monoisotopic (exact) mass is 490 g/mol. The van der Waals surface area contributed by atoms with E-state index in [0.717, 1.165) is 16.5 Å². The van der Waals surface area contributed by atoms with E-state index in [4.69, 9.17) is 0 Å². The van der Waals surface area contributed by atoms with E-state index in [9.17, 15) is 14.4 Å². The molecule has 1 saturated heterocycles. The van der Waals surface area contributed by atoms with Gasteiger partial charge < -0.3 is 5.32 Å². The van der Waals surface area contributed by atoms with Crippen molar-refractivity contribution in [1.82, 2.24) is 4.90 Å². The summed E-state index contributed by atoms with van der Waals surface area (Å²) in [7, 11) is 0. The second kappa shape index (κ2) is 7.41. The van der Waals surface area contributed by atoms with Gasteiger partial charge in [0, 0.05) is 16.6 Å². The van der Waals surface area contributed by atoms with Gasteiger partial charge in [0.2, 0.25) is 17.7 Å². The van der Waals surface area contributed by atoms with Gasteiger partial charge in [-0.3, -0.25) is 19.3 Å². The summed E-state index contributed by atoms with van der Waals surface area (Å²) in [5.74, 6) is 0.0705. The molecule has 0 radical (unpaired) electrons. The molecule has 0 unspecified atom stereocenters. The van der Waals surface area contributed by atoms with Gasteiger partial charge in [0.05, 0.1) is 11.8 Å². The summed E-state index contributed by atoms with van der Waals surface area (Å²) in [6, 6.07) is 16.0. The van der Waals surface area contributed by atoms with E-state index in [0.29, 0.717) is 23.9 Å². The Balaban J connectivity index is 1.33. The Hall–Kier alpha value is -2.73. The minimum Gasteiger partial charge on any atom is -0.324 e. The van der Waals surface area contributed by atoms with Crippen LogP contribution < -0.4 is 5.32 Å². The first-order valence-corrected chi connectivity index (χ1v) is 12.0. The highest BCUT2D eigenvalue weighted by Gasteiger charge is 2.67. The molecular formula is C26H23BrN2O3. The van der Waals surface area contributed by atoms with Crippen LogP contribution in [0.3, 0.4) is 0 Å². The molecule has 5 aliphatic rings. The number of nitrogens with one attached hydrogen (secondary N) is 1. The zero-order valence-corrected chi connectivity index (χ0v) is 18.9. The number of allylic oxidation sites excluding steroid dienone is 2. The molecule has 32 heavy (non-hydrogen) atoms. The quantitative estimate of drug-likeness (QED) is 0.507. The van der Waals surface area contributed by atoms with Gasteiger partial charge in [-0.15, -0.1) is 0 Å². The minimum atomic E-state index is -0.873. The zero-order valence-electron chi connectivity index (χ0n) is 17.4. The fourth-order valence-corrected chi connectivity index (χ4v) is 6.45. The van der Waals surface area contributed by atoms with Crippen molar-refractivity contribution in [2.24, 2.45) is 35.5 Å². The van der Waals surface area contributed by atoms with E-state index in [1.54, 1.807) is 12.1 Å². The lowest BCUT2D eigenvalue weighted by Crippen LogP contribution is -2.49. The van der Waals surface area contributed by atoms with E-state index in [2.05, 4.69) is 33.4 Å². The third-order valence-electron chi connectivity index (χ3n) is 7.69. The van der Waals surface area contributed by atoms with Crippen LogP contribution in [0.4, 0.5) is 5.69 Å². The lowest BCUT2D eigenvalue weighted by Gasteiger charge is -2.37. The van der Waals surface area contributed by atoms with Gasteiger partial charge in [0.1, 0.15) is 6.04 Å². The molecular weight excluding hydrogens is 468 g/mol. The predicted molar refractivity (Wildman–Crippen MR) is 123 cm³/mol. The molecule has 0 spiro atoms. The first-order valence-electron chi connectivity index (χ1n) is 11.2. The van der Waals surface area contributed by atoms with E-state index in [1.807, 2.05) is 42.5 Å². The van der Waals surface area contributed by atoms with Gasteiger partial charge in [-0.1, -0.05) is 58.4 Å². The van der Waals surface area contributed by atoms with Gasteiger partial charge >= 0.3 is 0 Å². The summed E-state index contributed by atoms with van der Waals surface area (Å²) in [5, 5.41) is 2.92. The van der Waals surface area contributed by atoms with Gasteiger partial charge in [-0.05, 0) is 59.9 Å². The molecule has 1 N–H and O–H groups in total. The summed E-state index contributed by atoms with van der Waals surface area (Å²) in [6.45, 7) is 0. The molecule has 2 saturated carbocycles. The topological polar surface area (TPSA) is 66.5 Å². The van der Waals surface area contributed by atoms with Gasteiger partial charge in [0.15, 0.2) is 0 Å². The molecule has 0 aromatic heterocycles. The second-order valence-electron chi connectivity index (χ2n) is 9.40. The van der Waals surface area contributed by atoms with Crippen LogP contribution in [0.2, 0.25) is 0 Å². The molecule has 5 nitrogen and oxygen atoms in total. The summed E-state index contributed by atoms with van der Waals surface area (Å²) >= 11 is 3.40. The number of likely N-dealkylation sites (tertiary alicyclic amines) is 1. The van der Waals surface area contributed by atoms with Crippen LogP contribution in [0.1, 0.15) is 12.0 Å². The van der Waals surface area contributed by atoms with Gasteiger partial charge in [-0.2, -0.15) is 0 Å². The number of carbonyl (C=O) groups excluding carboxylic acids is 3. The lowest BCUT2D eigenvalue weighted by molar-refractivity contribution is -0.146. The molecule has 6 heteroatoms. The molecule has 2 aromatic carbocycles. The number of halogens is 1. The third-order valence-corrected chi connectivity index (χ3v) is 8.22. The Labute approximate surface area is 195 Å². The van der Waals surface area contributed by atoms with Crippen LogP contribution in [0.25, 0.3) is 0 Å². The largest absolute Gasteiger partial charge is 0.324 e. The summed E-state index contributed by atoms with van der Waals surface area (Å²) in [4.78, 5) is 42.0. The highest BCUT2D eigenvalue weighted by Crippen LogP contribution is 2.65. The van der Waals surface area contributed by atoms with E-state index >= 15 is 0 Å². The van der Waals surface area contributed by atoms with E-state index < -0.39 is 6.04 Å². The maximum absolute atomic E-state index is 13.6. The number of rotatable bonds is 5. The van der Waals surface area contributed by atoms with Crippen molar-refractivity contribution in [1.29, 1.82) is 0 Å². The minimum absolute atomic E-state index is 0.142. The van der Waals surface area contributed by atoms with Crippen molar-refractivity contribution in [3.05, 3.63) is 76.8 Å². The van der Waals surface area contributed by atoms with Crippen molar-refractivity contribution in [2.75, 3.05) is 5.32 Å². The fraction of sp³-hybridized carbons (Fsp3) is 0.346. The lowest BCUT2D eigenvalue weighted by atomic mass is 9.63. The number of nitrogens with zero attached hydrogens (tertiary/aromatic N) is 1. The zero-order chi connectivity index (χ0) is 22.0. The fourth-order valence-electron chi connectivity index (χ4n) is 6.18. The molecule has 4 aliphatic carbocycles. The Bertz CT molecular complexity index is 1090. The number of hydrogen-bond donors (Lipinski definition) is 1. The molecule has 7 atom stereocenters. The Morgan fingerprint density at radius 2 is 1.53 bits per heavy atom. The average molecular weight is 491 g/mol. The molecule has 1 aliphatic heterocycles. The van der Waals surface area contributed by atoms with Crippen molar-refractivity contribution in [2.45, 2.75) is 18.9 Å². The second-order valence-corrected chi connectivity index (χ2v) is 10.3. The smallest absolute Gasteiger partial charge is 0.248 e. The number of benzene rings is 2. The predicted octanol–water partition coefficient (Wildman–Crippen LogP) is 4.05. The molecule has 2 bridgehead atoms. The normalized spacial score (nSPS) is 32.5. The maximum atomic E-state index is 13.6. The number of anilines is 1. The van der Waals surface area contributed by atoms with Crippen molar-refractivity contribution < 1.29 is 14.4 Å². The Kier molecular flexibility index (Phi) is 4.61. The summed E-state index contributed by atoms with van der Waals surface area (Å²) < 4.78 is 0.909. The van der Waals surface area contributed by atoms with Crippen LogP contribution in [-0.2, 0) is 20.8 Å². The number of carbonyl (C=O) groups is 3. The van der Waals surface area contributed by atoms with Crippen molar-refractivity contribution in [3.63, 3.8) is 0 Å². The molecule has 3 amide bonds. The van der Waals surface area contributed by atoms with Crippen LogP contribution in [0.5, 0.6) is 0 Å². The number of imide groups is 1. The van der Waals surface area contributed by atoms with E-state index in [-0.39, 0.29) is 41.4 Å². The van der Waals surface area contributed by atoms with Gasteiger partial charge in [0.25, 0.3) is 0 Å². The summed E-state index contributed by atoms with van der Waals surface area (Å²) in [6.07, 6.45) is 5.73. The Morgan fingerprint density at radius 1 is 0.938 bits per heavy atom. The standard InChI is InChI=1S/C26H23BrN2O3/c27-15-6-8-16(9-7-15)28-24(30)21(12-14-4-2-1-3-5-14)29-25(31)22-17-10-11-18(20-13-19(17)20)23(22)26(29)32/h1-11,17-23H,12-13H2,(H,28,30)/t17-,18-,19-,20-,21-,22+,23+/m1/s1. The highest BCUT2D eigenvalue weighted by atomic mass is 79.9. The number of hydrogen-bond acceptors (Lipinski definition) is 3. The van der Waals surface area contributed by atoms with Crippen molar-refractivity contribution in [3.8, 4) is 0 Å². The third kappa shape index (κ3) is 3.07. The molecule has 1 heterocycles. The first kappa shape index (κ1) is 19.9. The molecule has 162 valence electrons. The first-order chi connectivity index (χ1) is 15.5. The number of amides is 3. The highest BCUT2D eigenvalue weighted by molar-refractivity contribution is 9.10. The van der Waals surface area contributed by atoms with Crippen molar-refractivity contribution >= 4 is 39.3 Å². The van der Waals surface area contributed by atoms with Crippen LogP contribution in [0.15, 0.2) is 71.2 Å². The van der Waals surface area contributed by atoms with E-state index in [1.165, 1.54) is 4.90 Å². The van der Waals surface area contributed by atoms with Crippen LogP contribution in [-0.4, -0.2) is 28.7 Å². The molecule has 2 aromatic rings. The van der Waals surface area contributed by atoms with Crippen LogP contribution >= 0.6 is 15.9 Å². The molecule has 7 rings (SSSR count). The van der Waals surface area contributed by atoms with Gasteiger partial charge in [-0.25, -0.2) is 0 Å². The molecule has 3 fully saturated rings. The summed E-state index contributed by atoms with van der Waals surface area (Å²) in [5.41, 5.74) is 1.55.